The summed E-state index contributed by atoms with van der Waals surface area (Å²) in [7, 11) is 0. The van der Waals surface area contributed by atoms with Gasteiger partial charge in [-0.25, -0.2) is 17.6 Å². The quantitative estimate of drug-likeness (QED) is 0.298. The molecule has 0 unspecified atom stereocenters. The molecule has 0 aliphatic carbocycles. The summed E-state index contributed by atoms with van der Waals surface area (Å²) in [5.41, 5.74) is 0.262. The molecule has 4 aromatic rings. The maximum absolute atomic E-state index is 13.8. The van der Waals surface area contributed by atoms with Crippen LogP contribution < -0.4 is 5.32 Å². The van der Waals surface area contributed by atoms with Gasteiger partial charge in [-0.1, -0.05) is 35.5 Å². The lowest BCUT2D eigenvalue weighted by Crippen LogP contribution is -2.12. The number of nitrogens with zero attached hydrogens (tertiary/aromatic N) is 3. The molecule has 0 spiro atoms. The molecule has 0 fully saturated rings. The summed E-state index contributed by atoms with van der Waals surface area (Å²) in [5, 5.41) is 10.1. The number of amides is 1. The van der Waals surface area contributed by atoms with Gasteiger partial charge in [0.2, 0.25) is 0 Å². The number of aromatic nitrogens is 3. The molecule has 0 aliphatic heterocycles. The van der Waals surface area contributed by atoms with Crippen LogP contribution in [-0.2, 0) is 6.54 Å². The van der Waals surface area contributed by atoms with E-state index in [4.69, 9.17) is 4.52 Å². The van der Waals surface area contributed by atoms with E-state index in [-0.39, 0.29) is 17.4 Å². The van der Waals surface area contributed by atoms with Crippen molar-refractivity contribution in [1.29, 1.82) is 0 Å². The van der Waals surface area contributed by atoms with Crippen molar-refractivity contribution in [2.75, 3.05) is 5.32 Å². The summed E-state index contributed by atoms with van der Waals surface area (Å²) < 4.78 is 60.2. The van der Waals surface area contributed by atoms with Crippen LogP contribution in [0.25, 0.3) is 11.3 Å². The third kappa shape index (κ3) is 3.79. The van der Waals surface area contributed by atoms with Gasteiger partial charge in [0.25, 0.3) is 5.91 Å². The standard InChI is InChI=1S/C20H12F4N4O2/c21-14-6-15(22)19(24)18(23)13(14)10-28-9-12(8-25-28)26-20(29)16-7-17(30-27-16)11-4-2-1-3-5-11/h1-9H,10H2,(H,26,29). The number of nitrogens with one attached hydrogen (secondary N) is 1. The Hall–Kier alpha value is -3.95. The van der Waals surface area contributed by atoms with Crippen LogP contribution in [0.15, 0.2) is 59.4 Å². The van der Waals surface area contributed by atoms with Crippen molar-refractivity contribution in [3.05, 3.63) is 89.4 Å². The summed E-state index contributed by atoms with van der Waals surface area (Å²) in [5.74, 6) is -6.46. The Morgan fingerprint density at radius 3 is 2.57 bits per heavy atom. The van der Waals surface area contributed by atoms with Gasteiger partial charge in [0, 0.05) is 29.5 Å². The molecule has 1 amide bonds. The second kappa shape index (κ2) is 7.82. The molecule has 0 saturated carbocycles. The van der Waals surface area contributed by atoms with Gasteiger partial charge in [0.15, 0.2) is 28.9 Å². The number of carbonyl (C=O) groups is 1. The highest BCUT2D eigenvalue weighted by Crippen LogP contribution is 2.22. The lowest BCUT2D eigenvalue weighted by molar-refractivity contribution is 0.101. The Bertz CT molecular complexity index is 1220. The minimum absolute atomic E-state index is 0.0132. The van der Waals surface area contributed by atoms with Crippen molar-refractivity contribution in [1.82, 2.24) is 14.9 Å². The molecular formula is C20H12F4N4O2. The molecule has 30 heavy (non-hydrogen) atoms. The van der Waals surface area contributed by atoms with Crippen LogP contribution in [0.3, 0.4) is 0 Å². The van der Waals surface area contributed by atoms with Crippen molar-refractivity contribution < 1.29 is 26.9 Å². The van der Waals surface area contributed by atoms with Crippen LogP contribution in [0.2, 0.25) is 0 Å². The molecule has 0 radical (unpaired) electrons. The minimum atomic E-state index is -1.77. The smallest absolute Gasteiger partial charge is 0.277 e. The van der Waals surface area contributed by atoms with Crippen molar-refractivity contribution in [3.8, 4) is 11.3 Å². The average molecular weight is 416 g/mol. The van der Waals surface area contributed by atoms with Gasteiger partial charge in [-0.3, -0.25) is 9.48 Å². The highest BCUT2D eigenvalue weighted by molar-refractivity contribution is 6.03. The zero-order chi connectivity index (χ0) is 21.3. The number of rotatable bonds is 5. The van der Waals surface area contributed by atoms with Gasteiger partial charge in [-0.05, 0) is 0 Å². The van der Waals surface area contributed by atoms with Crippen molar-refractivity contribution in [2.24, 2.45) is 0 Å². The molecule has 2 aromatic heterocycles. The highest BCUT2D eigenvalue weighted by Gasteiger charge is 2.20. The first kappa shape index (κ1) is 19.4. The van der Waals surface area contributed by atoms with Gasteiger partial charge >= 0.3 is 0 Å². The second-order valence-corrected chi connectivity index (χ2v) is 6.27. The lowest BCUT2D eigenvalue weighted by atomic mass is 10.1. The van der Waals surface area contributed by atoms with E-state index < -0.39 is 41.3 Å². The van der Waals surface area contributed by atoms with E-state index >= 15 is 0 Å². The fourth-order valence-electron chi connectivity index (χ4n) is 2.74. The number of hydrogen-bond acceptors (Lipinski definition) is 4. The maximum Gasteiger partial charge on any atom is 0.277 e. The van der Waals surface area contributed by atoms with Crippen LogP contribution >= 0.6 is 0 Å². The normalized spacial score (nSPS) is 10.9. The Morgan fingerprint density at radius 2 is 1.80 bits per heavy atom. The molecule has 0 atom stereocenters. The second-order valence-electron chi connectivity index (χ2n) is 6.27. The number of hydrogen-bond donors (Lipinski definition) is 1. The Labute approximate surface area is 166 Å². The molecule has 1 N–H and O–H groups in total. The average Bonchev–Trinajstić information content (AvgIpc) is 3.40. The van der Waals surface area contributed by atoms with E-state index in [1.165, 1.54) is 18.5 Å². The number of benzene rings is 2. The molecule has 6 nitrogen and oxygen atoms in total. The lowest BCUT2D eigenvalue weighted by Gasteiger charge is -2.06. The van der Waals surface area contributed by atoms with Gasteiger partial charge in [-0.2, -0.15) is 5.10 Å². The Kier molecular flexibility index (Phi) is 5.05. The van der Waals surface area contributed by atoms with E-state index in [2.05, 4.69) is 15.6 Å². The topological polar surface area (TPSA) is 73.0 Å². The first-order valence-corrected chi connectivity index (χ1v) is 8.60. The fraction of sp³-hybridized carbons (Fsp3) is 0.0500. The van der Waals surface area contributed by atoms with E-state index in [1.54, 1.807) is 12.1 Å². The van der Waals surface area contributed by atoms with Crippen molar-refractivity contribution in [2.45, 2.75) is 6.54 Å². The van der Waals surface area contributed by atoms with E-state index in [0.717, 1.165) is 10.2 Å². The van der Waals surface area contributed by atoms with Crippen LogP contribution in [0.1, 0.15) is 16.1 Å². The summed E-state index contributed by atoms with van der Waals surface area (Å²) in [6.07, 6.45) is 2.50. The van der Waals surface area contributed by atoms with Gasteiger partial charge in [0.05, 0.1) is 18.4 Å². The largest absolute Gasteiger partial charge is 0.355 e. The van der Waals surface area contributed by atoms with Crippen molar-refractivity contribution >= 4 is 11.6 Å². The fourth-order valence-corrected chi connectivity index (χ4v) is 2.74. The molecule has 2 aromatic carbocycles. The predicted octanol–water partition coefficient (Wildman–Crippen LogP) is 4.40. The molecule has 10 heteroatoms. The molecule has 2 heterocycles. The summed E-state index contributed by atoms with van der Waals surface area (Å²) in [6, 6.07) is 10.8. The van der Waals surface area contributed by atoms with Gasteiger partial charge < -0.3 is 9.84 Å². The minimum Gasteiger partial charge on any atom is -0.355 e. The van der Waals surface area contributed by atoms with E-state index in [1.807, 2.05) is 18.2 Å². The molecule has 0 aliphatic rings. The monoisotopic (exact) mass is 416 g/mol. The van der Waals surface area contributed by atoms with E-state index in [9.17, 15) is 22.4 Å². The SMILES string of the molecule is O=C(Nc1cnn(Cc2c(F)cc(F)c(F)c2F)c1)c1cc(-c2ccccc2)on1. The molecular weight excluding hydrogens is 404 g/mol. The van der Waals surface area contributed by atoms with E-state index in [0.29, 0.717) is 5.76 Å². The molecule has 152 valence electrons. The maximum atomic E-state index is 13.8. The predicted molar refractivity (Wildman–Crippen MR) is 97.5 cm³/mol. The first-order chi connectivity index (χ1) is 14.4. The summed E-state index contributed by atoms with van der Waals surface area (Å²) in [6.45, 7) is -0.507. The number of halogens is 4. The number of anilines is 1. The summed E-state index contributed by atoms with van der Waals surface area (Å²) in [4.78, 5) is 12.3. The zero-order valence-electron chi connectivity index (χ0n) is 15.1. The zero-order valence-corrected chi connectivity index (χ0v) is 15.1. The van der Waals surface area contributed by atoms with Crippen molar-refractivity contribution in [3.63, 3.8) is 0 Å². The third-order valence-electron chi connectivity index (χ3n) is 4.22. The first-order valence-electron chi connectivity index (χ1n) is 8.60. The summed E-state index contributed by atoms with van der Waals surface area (Å²) >= 11 is 0. The Balaban J connectivity index is 1.47. The Morgan fingerprint density at radius 1 is 1.03 bits per heavy atom. The molecule has 0 bridgehead atoms. The highest BCUT2D eigenvalue weighted by atomic mass is 19.2. The third-order valence-corrected chi connectivity index (χ3v) is 4.22. The molecule has 0 saturated heterocycles. The van der Waals surface area contributed by atoms with Gasteiger partial charge in [0.1, 0.15) is 5.82 Å². The van der Waals surface area contributed by atoms with Gasteiger partial charge in [-0.15, -0.1) is 0 Å². The molecule has 4 rings (SSSR count). The number of carbonyl (C=O) groups excluding carboxylic acids is 1. The van der Waals surface area contributed by atoms with Crippen LogP contribution in [0.4, 0.5) is 23.2 Å². The van der Waals surface area contributed by atoms with Crippen LogP contribution in [-0.4, -0.2) is 20.8 Å². The van der Waals surface area contributed by atoms with Crippen LogP contribution in [0.5, 0.6) is 0 Å². The van der Waals surface area contributed by atoms with Crippen LogP contribution in [0, 0.1) is 23.3 Å².